The number of piperazine rings is 1. The topological polar surface area (TPSA) is 44.8 Å². The Bertz CT molecular complexity index is 483. The second-order valence-electron chi connectivity index (χ2n) is 6.00. The third-order valence-corrected chi connectivity index (χ3v) is 3.88. The van der Waals surface area contributed by atoms with Crippen molar-refractivity contribution in [3.05, 3.63) is 29.8 Å². The number of methoxy groups -OCH3 is 1. The van der Waals surface area contributed by atoms with Crippen LogP contribution in [-0.4, -0.2) is 63.3 Å². The highest BCUT2D eigenvalue weighted by molar-refractivity contribution is 5.95. The molecule has 1 heterocycles. The van der Waals surface area contributed by atoms with Gasteiger partial charge < -0.3 is 15.0 Å². The molecule has 2 rings (SSSR count). The Morgan fingerprint density at radius 3 is 2.64 bits per heavy atom. The SMILES string of the molecule is COCCN1CCN(c2cccc(C(=O)NC(C)C)c2)CC1. The van der Waals surface area contributed by atoms with Gasteiger partial charge in [-0.2, -0.15) is 0 Å². The maximum Gasteiger partial charge on any atom is 0.251 e. The summed E-state index contributed by atoms with van der Waals surface area (Å²) < 4.78 is 5.13. The van der Waals surface area contributed by atoms with E-state index in [1.165, 1.54) is 0 Å². The first kappa shape index (κ1) is 16.8. The maximum atomic E-state index is 12.1. The zero-order valence-electron chi connectivity index (χ0n) is 13.8. The molecule has 1 aromatic rings. The number of amides is 1. The average molecular weight is 305 g/mol. The molecule has 1 N–H and O–H groups in total. The summed E-state index contributed by atoms with van der Waals surface area (Å²) >= 11 is 0. The molecule has 0 radical (unpaired) electrons. The molecule has 0 spiro atoms. The molecule has 22 heavy (non-hydrogen) atoms. The lowest BCUT2D eigenvalue weighted by molar-refractivity contribution is 0.0943. The molecule has 1 saturated heterocycles. The van der Waals surface area contributed by atoms with E-state index >= 15 is 0 Å². The second-order valence-corrected chi connectivity index (χ2v) is 6.00. The fourth-order valence-electron chi connectivity index (χ4n) is 2.64. The zero-order chi connectivity index (χ0) is 15.9. The van der Waals surface area contributed by atoms with Crippen LogP contribution >= 0.6 is 0 Å². The van der Waals surface area contributed by atoms with Gasteiger partial charge in [-0.25, -0.2) is 0 Å². The Balaban J connectivity index is 1.95. The average Bonchev–Trinajstić information content (AvgIpc) is 2.53. The van der Waals surface area contributed by atoms with Crippen molar-refractivity contribution in [2.75, 3.05) is 51.3 Å². The molecule has 0 unspecified atom stereocenters. The normalized spacial score (nSPS) is 16.1. The Hall–Kier alpha value is -1.59. The number of ether oxygens (including phenoxy) is 1. The molecule has 0 saturated carbocycles. The molecule has 5 nitrogen and oxygen atoms in total. The minimum atomic E-state index is -0.00409. The third kappa shape index (κ3) is 4.71. The molecule has 1 aliphatic rings. The molecule has 1 aliphatic heterocycles. The molecule has 1 aromatic carbocycles. The monoisotopic (exact) mass is 305 g/mol. The van der Waals surface area contributed by atoms with Crippen molar-refractivity contribution >= 4 is 11.6 Å². The number of nitrogens with one attached hydrogen (secondary N) is 1. The highest BCUT2D eigenvalue weighted by Crippen LogP contribution is 2.18. The van der Waals surface area contributed by atoms with Gasteiger partial charge in [0.15, 0.2) is 0 Å². The van der Waals surface area contributed by atoms with E-state index in [1.807, 2.05) is 32.0 Å². The number of hydrogen-bond donors (Lipinski definition) is 1. The quantitative estimate of drug-likeness (QED) is 0.867. The molecule has 5 heteroatoms. The summed E-state index contributed by atoms with van der Waals surface area (Å²) in [5.41, 5.74) is 1.86. The van der Waals surface area contributed by atoms with E-state index in [-0.39, 0.29) is 11.9 Å². The minimum Gasteiger partial charge on any atom is -0.383 e. The molecule has 1 amide bonds. The summed E-state index contributed by atoms with van der Waals surface area (Å²) in [7, 11) is 1.74. The number of nitrogens with zero attached hydrogens (tertiary/aromatic N) is 2. The molecule has 0 atom stereocenters. The van der Waals surface area contributed by atoms with Gasteiger partial charge in [-0.3, -0.25) is 9.69 Å². The van der Waals surface area contributed by atoms with Crippen LogP contribution in [0.1, 0.15) is 24.2 Å². The van der Waals surface area contributed by atoms with Crippen LogP contribution < -0.4 is 10.2 Å². The number of benzene rings is 1. The highest BCUT2D eigenvalue weighted by atomic mass is 16.5. The number of carbonyl (C=O) groups is 1. The summed E-state index contributed by atoms with van der Waals surface area (Å²) in [5, 5.41) is 2.94. The highest BCUT2D eigenvalue weighted by Gasteiger charge is 2.17. The van der Waals surface area contributed by atoms with Crippen LogP contribution in [0.25, 0.3) is 0 Å². The summed E-state index contributed by atoms with van der Waals surface area (Å²) in [6.07, 6.45) is 0. The van der Waals surface area contributed by atoms with Crippen LogP contribution in [0, 0.1) is 0 Å². The fraction of sp³-hybridized carbons (Fsp3) is 0.588. The van der Waals surface area contributed by atoms with Crippen molar-refractivity contribution in [3.8, 4) is 0 Å². The van der Waals surface area contributed by atoms with Crippen molar-refractivity contribution in [1.82, 2.24) is 10.2 Å². The Kier molecular flexibility index (Phi) is 6.21. The summed E-state index contributed by atoms with van der Waals surface area (Å²) in [5.74, 6) is -0.00409. The predicted octanol–water partition coefficient (Wildman–Crippen LogP) is 1.59. The summed E-state index contributed by atoms with van der Waals surface area (Å²) in [6.45, 7) is 9.75. The van der Waals surface area contributed by atoms with E-state index in [4.69, 9.17) is 4.74 Å². The van der Waals surface area contributed by atoms with E-state index < -0.39 is 0 Å². The Morgan fingerprint density at radius 2 is 2.00 bits per heavy atom. The number of carbonyl (C=O) groups excluding carboxylic acids is 1. The first-order valence-corrected chi connectivity index (χ1v) is 7.97. The molecule has 122 valence electrons. The number of rotatable bonds is 6. The van der Waals surface area contributed by atoms with Crippen molar-refractivity contribution < 1.29 is 9.53 Å². The van der Waals surface area contributed by atoms with Gasteiger partial charge in [0.25, 0.3) is 5.91 Å². The van der Waals surface area contributed by atoms with Crippen molar-refractivity contribution in [2.45, 2.75) is 19.9 Å². The lowest BCUT2D eigenvalue weighted by Gasteiger charge is -2.36. The summed E-state index contributed by atoms with van der Waals surface area (Å²) in [6, 6.07) is 8.05. The molecule has 0 aliphatic carbocycles. The summed E-state index contributed by atoms with van der Waals surface area (Å²) in [4.78, 5) is 16.9. The van der Waals surface area contributed by atoms with E-state index in [0.29, 0.717) is 0 Å². The van der Waals surface area contributed by atoms with Crippen molar-refractivity contribution in [3.63, 3.8) is 0 Å². The minimum absolute atomic E-state index is 0.00409. The zero-order valence-corrected chi connectivity index (χ0v) is 13.8. The van der Waals surface area contributed by atoms with Gasteiger partial charge in [0.2, 0.25) is 0 Å². The molecule has 0 aromatic heterocycles. The van der Waals surface area contributed by atoms with Crippen LogP contribution in [0.2, 0.25) is 0 Å². The van der Waals surface area contributed by atoms with Crippen LogP contribution in [0.4, 0.5) is 5.69 Å². The standard InChI is InChI=1S/C17H27N3O2/c1-14(2)18-17(21)15-5-4-6-16(13-15)20-9-7-19(8-10-20)11-12-22-3/h4-6,13-14H,7-12H2,1-3H3,(H,18,21). The van der Waals surface area contributed by atoms with Crippen LogP contribution in [0.5, 0.6) is 0 Å². The van der Waals surface area contributed by atoms with Crippen LogP contribution in [-0.2, 0) is 4.74 Å². The molecular formula is C17H27N3O2. The number of hydrogen-bond acceptors (Lipinski definition) is 4. The molecule has 0 bridgehead atoms. The van der Waals surface area contributed by atoms with Crippen LogP contribution in [0.3, 0.4) is 0 Å². The predicted molar refractivity (Wildman–Crippen MR) is 89.6 cm³/mol. The van der Waals surface area contributed by atoms with Gasteiger partial charge >= 0.3 is 0 Å². The fourth-order valence-corrected chi connectivity index (χ4v) is 2.64. The van der Waals surface area contributed by atoms with Gasteiger partial charge in [0.1, 0.15) is 0 Å². The lowest BCUT2D eigenvalue weighted by Crippen LogP contribution is -2.47. The Morgan fingerprint density at radius 1 is 1.27 bits per heavy atom. The second kappa shape index (κ2) is 8.15. The molecule has 1 fully saturated rings. The first-order valence-electron chi connectivity index (χ1n) is 7.97. The van der Waals surface area contributed by atoms with E-state index in [9.17, 15) is 4.79 Å². The van der Waals surface area contributed by atoms with Crippen LogP contribution in [0.15, 0.2) is 24.3 Å². The van der Waals surface area contributed by atoms with Crippen molar-refractivity contribution in [2.24, 2.45) is 0 Å². The van der Waals surface area contributed by atoms with Crippen molar-refractivity contribution in [1.29, 1.82) is 0 Å². The van der Waals surface area contributed by atoms with Gasteiger partial charge in [-0.15, -0.1) is 0 Å². The van der Waals surface area contributed by atoms with Gasteiger partial charge in [0.05, 0.1) is 6.61 Å². The van der Waals surface area contributed by atoms with E-state index in [1.54, 1.807) is 7.11 Å². The third-order valence-electron chi connectivity index (χ3n) is 3.88. The lowest BCUT2D eigenvalue weighted by atomic mass is 10.1. The number of anilines is 1. The van der Waals surface area contributed by atoms with Gasteiger partial charge in [0, 0.05) is 57.1 Å². The van der Waals surface area contributed by atoms with E-state index in [0.717, 1.165) is 50.6 Å². The van der Waals surface area contributed by atoms with E-state index in [2.05, 4.69) is 21.2 Å². The first-order chi connectivity index (χ1) is 10.6. The largest absolute Gasteiger partial charge is 0.383 e. The smallest absolute Gasteiger partial charge is 0.251 e. The van der Waals surface area contributed by atoms with Gasteiger partial charge in [-0.05, 0) is 32.0 Å². The maximum absolute atomic E-state index is 12.1. The molecular weight excluding hydrogens is 278 g/mol. The Labute approximate surface area is 133 Å². The van der Waals surface area contributed by atoms with Gasteiger partial charge in [-0.1, -0.05) is 6.07 Å².